The number of nitrogens with zero attached hydrogens (tertiary/aromatic N) is 2. The van der Waals surface area contributed by atoms with E-state index in [1.807, 2.05) is 0 Å². The van der Waals surface area contributed by atoms with Crippen LogP contribution in [0.1, 0.15) is 41.0 Å². The number of ketones is 1. The molecule has 0 aliphatic carbocycles. The normalized spacial score (nSPS) is 12.2. The highest BCUT2D eigenvalue weighted by atomic mass is 35.5. The molecule has 0 aliphatic rings. The molecule has 176 valence electrons. The Labute approximate surface area is 206 Å². The minimum absolute atomic E-state index is 0.0282. The van der Waals surface area contributed by atoms with Gasteiger partial charge < -0.3 is 10.7 Å². The van der Waals surface area contributed by atoms with E-state index in [-0.39, 0.29) is 26.7 Å². The second-order valence-electron chi connectivity index (χ2n) is 8.38. The van der Waals surface area contributed by atoms with Gasteiger partial charge in [-0.25, -0.2) is 18.4 Å². The standard InChI is InChI=1S/C23H21Cl2N5O3S/c1-12-7-8-13(9-16(12)24)34(32,33)30-17-6-4-5-14(19(17)25)20(31)15-10-27-22-18(15)21(23(2,3)26)28-11-29-22/h4-11,30H,26H2,1-3H3,(H,27,28,29). The number of H-pyrrole nitrogens is 1. The SMILES string of the molecule is Cc1ccc(S(=O)(=O)Nc2cccc(C(=O)c3c[nH]c4ncnc(C(C)(C)N)c34)c2Cl)cc1Cl. The van der Waals surface area contributed by atoms with Gasteiger partial charge >= 0.3 is 0 Å². The van der Waals surface area contributed by atoms with Crippen molar-refractivity contribution in [3.05, 3.63) is 81.4 Å². The van der Waals surface area contributed by atoms with Gasteiger partial charge in [-0.05, 0) is 50.6 Å². The van der Waals surface area contributed by atoms with Crippen LogP contribution in [0.25, 0.3) is 11.0 Å². The molecule has 0 saturated heterocycles. The number of fused-ring (bicyclic) bond motifs is 1. The Balaban J connectivity index is 1.76. The fourth-order valence-electron chi connectivity index (χ4n) is 3.51. The lowest BCUT2D eigenvalue weighted by Gasteiger charge is -2.19. The molecule has 0 unspecified atom stereocenters. The molecule has 34 heavy (non-hydrogen) atoms. The van der Waals surface area contributed by atoms with Crippen LogP contribution in [0, 0.1) is 6.92 Å². The first-order chi connectivity index (χ1) is 15.9. The van der Waals surface area contributed by atoms with E-state index in [1.165, 1.54) is 42.9 Å². The minimum Gasteiger partial charge on any atom is -0.345 e. The first kappa shape index (κ1) is 24.2. The van der Waals surface area contributed by atoms with E-state index in [4.69, 9.17) is 28.9 Å². The summed E-state index contributed by atoms with van der Waals surface area (Å²) in [6, 6.07) is 8.92. The maximum absolute atomic E-state index is 13.5. The lowest BCUT2D eigenvalue weighted by Crippen LogP contribution is -2.30. The molecule has 2 aromatic carbocycles. The van der Waals surface area contributed by atoms with Gasteiger partial charge in [-0.15, -0.1) is 0 Å². The van der Waals surface area contributed by atoms with Gasteiger partial charge in [0.25, 0.3) is 10.0 Å². The van der Waals surface area contributed by atoms with Crippen LogP contribution in [0.3, 0.4) is 0 Å². The number of hydrogen-bond acceptors (Lipinski definition) is 6. The molecule has 4 aromatic rings. The first-order valence-electron chi connectivity index (χ1n) is 10.1. The number of halogens is 2. The average Bonchev–Trinajstić information content (AvgIpc) is 3.20. The second-order valence-corrected chi connectivity index (χ2v) is 10.9. The van der Waals surface area contributed by atoms with Crippen LogP contribution in [-0.4, -0.2) is 29.2 Å². The summed E-state index contributed by atoms with van der Waals surface area (Å²) >= 11 is 12.6. The Morgan fingerprint density at radius 2 is 1.85 bits per heavy atom. The highest BCUT2D eigenvalue weighted by Gasteiger charge is 2.27. The third-order valence-electron chi connectivity index (χ3n) is 5.27. The Morgan fingerprint density at radius 3 is 2.53 bits per heavy atom. The molecule has 0 atom stereocenters. The highest BCUT2D eigenvalue weighted by Crippen LogP contribution is 2.33. The number of carbonyl (C=O) groups is 1. The Morgan fingerprint density at radius 1 is 1.12 bits per heavy atom. The molecule has 4 rings (SSSR count). The molecule has 11 heteroatoms. The number of anilines is 1. The van der Waals surface area contributed by atoms with E-state index >= 15 is 0 Å². The van der Waals surface area contributed by atoms with Crippen LogP contribution >= 0.6 is 23.2 Å². The third-order valence-corrected chi connectivity index (χ3v) is 7.44. The van der Waals surface area contributed by atoms with Crippen molar-refractivity contribution in [2.24, 2.45) is 5.73 Å². The molecule has 4 N–H and O–H groups in total. The fraction of sp³-hybridized carbons (Fsp3) is 0.174. The van der Waals surface area contributed by atoms with Crippen LogP contribution in [-0.2, 0) is 15.6 Å². The summed E-state index contributed by atoms with van der Waals surface area (Å²) in [5.41, 5.74) is 7.55. The van der Waals surface area contributed by atoms with Crippen molar-refractivity contribution in [3.63, 3.8) is 0 Å². The summed E-state index contributed by atoms with van der Waals surface area (Å²) < 4.78 is 28.3. The number of hydrogen-bond donors (Lipinski definition) is 3. The maximum atomic E-state index is 13.5. The molecule has 0 amide bonds. The second kappa shape index (κ2) is 8.66. The van der Waals surface area contributed by atoms with Gasteiger partial charge in [-0.2, -0.15) is 0 Å². The number of sulfonamides is 1. The summed E-state index contributed by atoms with van der Waals surface area (Å²) in [6.07, 6.45) is 2.88. The lowest BCUT2D eigenvalue weighted by molar-refractivity contribution is 0.104. The van der Waals surface area contributed by atoms with Crippen molar-refractivity contribution >= 4 is 55.7 Å². The molecule has 2 aromatic heterocycles. The van der Waals surface area contributed by atoms with E-state index in [0.717, 1.165) is 5.56 Å². The molecule has 0 saturated carbocycles. The van der Waals surface area contributed by atoms with Crippen molar-refractivity contribution in [3.8, 4) is 0 Å². The van der Waals surface area contributed by atoms with Crippen LogP contribution in [0.15, 0.2) is 53.8 Å². The van der Waals surface area contributed by atoms with Gasteiger partial charge in [-0.1, -0.05) is 35.3 Å². The smallest absolute Gasteiger partial charge is 0.261 e. The van der Waals surface area contributed by atoms with E-state index in [2.05, 4.69) is 19.7 Å². The molecule has 0 bridgehead atoms. The number of aromatic nitrogens is 3. The summed E-state index contributed by atoms with van der Waals surface area (Å²) in [7, 11) is -4.00. The zero-order chi connectivity index (χ0) is 24.8. The summed E-state index contributed by atoms with van der Waals surface area (Å²) in [4.78, 5) is 24.9. The van der Waals surface area contributed by atoms with Crippen molar-refractivity contribution in [2.45, 2.75) is 31.2 Å². The largest absolute Gasteiger partial charge is 0.345 e. The summed E-state index contributed by atoms with van der Waals surface area (Å²) in [6.45, 7) is 5.32. The van der Waals surface area contributed by atoms with Gasteiger partial charge in [-0.3, -0.25) is 9.52 Å². The predicted molar refractivity (Wildman–Crippen MR) is 133 cm³/mol. The van der Waals surface area contributed by atoms with Crippen molar-refractivity contribution in [1.29, 1.82) is 0 Å². The van der Waals surface area contributed by atoms with Crippen molar-refractivity contribution in [1.82, 2.24) is 15.0 Å². The zero-order valence-electron chi connectivity index (χ0n) is 18.5. The van der Waals surface area contributed by atoms with Gasteiger partial charge in [0.15, 0.2) is 5.78 Å². The number of carbonyl (C=O) groups excluding carboxylic acids is 1. The fourth-order valence-corrected chi connectivity index (χ4v) is 5.16. The summed E-state index contributed by atoms with van der Waals surface area (Å²) in [5, 5.41) is 0.753. The average molecular weight is 518 g/mol. The van der Waals surface area contributed by atoms with Crippen LogP contribution in [0.5, 0.6) is 0 Å². The predicted octanol–water partition coefficient (Wildman–Crippen LogP) is 4.80. The number of rotatable bonds is 6. The lowest BCUT2D eigenvalue weighted by atomic mass is 9.95. The summed E-state index contributed by atoms with van der Waals surface area (Å²) in [5.74, 6) is -0.434. The van der Waals surface area contributed by atoms with Crippen LogP contribution in [0.2, 0.25) is 10.0 Å². The van der Waals surface area contributed by atoms with Crippen LogP contribution < -0.4 is 10.5 Å². The van der Waals surface area contributed by atoms with Gasteiger partial charge in [0, 0.05) is 16.8 Å². The topological polar surface area (TPSA) is 131 Å². The number of nitrogens with two attached hydrogens (primary N) is 1. The van der Waals surface area contributed by atoms with E-state index in [9.17, 15) is 13.2 Å². The minimum atomic E-state index is -4.00. The Hall–Kier alpha value is -2.98. The first-order valence-corrected chi connectivity index (χ1v) is 12.4. The molecule has 0 aliphatic heterocycles. The molecule has 2 heterocycles. The monoisotopic (exact) mass is 517 g/mol. The number of nitrogens with one attached hydrogen (secondary N) is 2. The third kappa shape index (κ3) is 4.39. The quantitative estimate of drug-likeness (QED) is 0.315. The van der Waals surface area contributed by atoms with Gasteiger partial charge in [0.05, 0.1) is 37.8 Å². The molecule has 0 fully saturated rings. The van der Waals surface area contributed by atoms with Crippen LogP contribution in [0.4, 0.5) is 5.69 Å². The van der Waals surface area contributed by atoms with Gasteiger partial charge in [0.2, 0.25) is 0 Å². The molecule has 0 radical (unpaired) electrons. The maximum Gasteiger partial charge on any atom is 0.261 e. The van der Waals surface area contributed by atoms with Gasteiger partial charge in [0.1, 0.15) is 12.0 Å². The molecule has 0 spiro atoms. The number of aromatic amines is 1. The van der Waals surface area contributed by atoms with Crippen molar-refractivity contribution in [2.75, 3.05) is 4.72 Å². The zero-order valence-corrected chi connectivity index (χ0v) is 20.8. The number of benzene rings is 2. The highest BCUT2D eigenvalue weighted by molar-refractivity contribution is 7.92. The Kier molecular flexibility index (Phi) is 6.15. The van der Waals surface area contributed by atoms with Crippen molar-refractivity contribution < 1.29 is 13.2 Å². The van der Waals surface area contributed by atoms with E-state index < -0.39 is 21.3 Å². The number of aryl methyl sites for hydroxylation is 1. The molecule has 8 nitrogen and oxygen atoms in total. The molecular formula is C23H21Cl2N5O3S. The molecular weight excluding hydrogens is 497 g/mol. The Bertz CT molecular complexity index is 1540. The van der Waals surface area contributed by atoms with E-state index in [0.29, 0.717) is 21.7 Å². The van der Waals surface area contributed by atoms with E-state index in [1.54, 1.807) is 26.8 Å².